The molecule has 1 saturated heterocycles. The van der Waals surface area contributed by atoms with Gasteiger partial charge in [-0.25, -0.2) is 0 Å². The van der Waals surface area contributed by atoms with E-state index in [1.807, 2.05) is 18.2 Å². The van der Waals surface area contributed by atoms with Crippen LogP contribution in [0.5, 0.6) is 0 Å². The standard InChI is InChI=1S/C22H21Cl3N4O/c23-18-14-17(29-22(30)21(25)19(24)15-26-29)6-7-20(18)28-12-10-27(11-13-28)9-8-16-4-2-1-3-5-16/h1-7,14-15H,8-13H2. The van der Waals surface area contributed by atoms with Crippen LogP contribution in [-0.2, 0) is 6.42 Å². The monoisotopic (exact) mass is 462 g/mol. The van der Waals surface area contributed by atoms with Gasteiger partial charge in [-0.3, -0.25) is 9.69 Å². The summed E-state index contributed by atoms with van der Waals surface area (Å²) in [5.41, 5.74) is 2.40. The Hall–Kier alpha value is -2.05. The van der Waals surface area contributed by atoms with Crippen LogP contribution in [-0.4, -0.2) is 47.4 Å². The molecule has 0 bridgehead atoms. The van der Waals surface area contributed by atoms with Crippen molar-refractivity contribution in [3.05, 3.63) is 85.7 Å². The first-order chi connectivity index (χ1) is 14.5. The highest BCUT2D eigenvalue weighted by Crippen LogP contribution is 2.29. The van der Waals surface area contributed by atoms with E-state index in [1.165, 1.54) is 16.4 Å². The lowest BCUT2D eigenvalue weighted by atomic mass is 10.1. The maximum absolute atomic E-state index is 12.3. The highest BCUT2D eigenvalue weighted by Gasteiger charge is 2.19. The minimum Gasteiger partial charge on any atom is -0.368 e. The van der Waals surface area contributed by atoms with Gasteiger partial charge in [0.05, 0.1) is 27.6 Å². The average Bonchev–Trinajstić information content (AvgIpc) is 2.77. The average molecular weight is 464 g/mol. The molecule has 0 amide bonds. The molecule has 0 aliphatic carbocycles. The molecule has 1 aliphatic heterocycles. The molecule has 156 valence electrons. The van der Waals surface area contributed by atoms with Crippen LogP contribution in [0.25, 0.3) is 5.69 Å². The van der Waals surface area contributed by atoms with Crippen LogP contribution in [0, 0.1) is 0 Å². The van der Waals surface area contributed by atoms with Crippen molar-refractivity contribution >= 4 is 40.5 Å². The van der Waals surface area contributed by atoms with Crippen LogP contribution in [0.3, 0.4) is 0 Å². The Balaban J connectivity index is 1.41. The molecule has 0 atom stereocenters. The van der Waals surface area contributed by atoms with Gasteiger partial charge in [0.2, 0.25) is 0 Å². The summed E-state index contributed by atoms with van der Waals surface area (Å²) < 4.78 is 1.20. The molecule has 0 saturated carbocycles. The van der Waals surface area contributed by atoms with Gasteiger partial charge in [-0.05, 0) is 30.2 Å². The summed E-state index contributed by atoms with van der Waals surface area (Å²) in [6.07, 6.45) is 2.41. The third-order valence-electron chi connectivity index (χ3n) is 5.32. The predicted octanol–water partition coefficient (Wildman–Crippen LogP) is 4.56. The molecule has 0 unspecified atom stereocenters. The minimum absolute atomic E-state index is 0.0570. The molecular formula is C22H21Cl3N4O. The van der Waals surface area contributed by atoms with Crippen molar-refractivity contribution in [3.8, 4) is 5.69 Å². The first-order valence-corrected chi connectivity index (χ1v) is 10.9. The van der Waals surface area contributed by atoms with Gasteiger partial charge in [0, 0.05) is 32.7 Å². The second kappa shape index (κ2) is 9.40. The van der Waals surface area contributed by atoms with Crippen LogP contribution in [0.4, 0.5) is 5.69 Å². The number of benzene rings is 2. The maximum atomic E-state index is 12.3. The third-order valence-corrected chi connectivity index (χ3v) is 6.38. The van der Waals surface area contributed by atoms with E-state index >= 15 is 0 Å². The van der Waals surface area contributed by atoms with E-state index in [-0.39, 0.29) is 10.0 Å². The fourth-order valence-electron chi connectivity index (χ4n) is 3.62. The van der Waals surface area contributed by atoms with Gasteiger partial charge in [-0.15, -0.1) is 0 Å². The molecule has 0 spiro atoms. The molecule has 0 N–H and O–H groups in total. The van der Waals surface area contributed by atoms with Crippen molar-refractivity contribution in [3.63, 3.8) is 0 Å². The molecule has 30 heavy (non-hydrogen) atoms. The Morgan fingerprint density at radius 3 is 2.33 bits per heavy atom. The van der Waals surface area contributed by atoms with E-state index in [0.29, 0.717) is 10.7 Å². The zero-order valence-corrected chi connectivity index (χ0v) is 18.5. The quantitative estimate of drug-likeness (QED) is 0.556. The summed E-state index contributed by atoms with van der Waals surface area (Å²) in [7, 11) is 0. The number of nitrogens with zero attached hydrogens (tertiary/aromatic N) is 4. The molecule has 1 aromatic heterocycles. The second-order valence-corrected chi connectivity index (χ2v) is 8.42. The molecule has 4 rings (SSSR count). The van der Waals surface area contributed by atoms with Gasteiger partial charge in [0.25, 0.3) is 5.56 Å². The summed E-state index contributed by atoms with van der Waals surface area (Å²) in [5, 5.41) is 4.70. The zero-order valence-electron chi connectivity index (χ0n) is 16.3. The van der Waals surface area contributed by atoms with Crippen LogP contribution < -0.4 is 10.5 Å². The molecule has 1 aliphatic rings. The van der Waals surface area contributed by atoms with Crippen molar-refractivity contribution in [2.45, 2.75) is 6.42 Å². The summed E-state index contributed by atoms with van der Waals surface area (Å²) in [5.74, 6) is 0. The summed E-state index contributed by atoms with van der Waals surface area (Å²) in [4.78, 5) is 17.1. The number of hydrogen-bond acceptors (Lipinski definition) is 4. The Labute approximate surface area is 190 Å². The van der Waals surface area contributed by atoms with Crippen LogP contribution in [0.2, 0.25) is 15.1 Å². The van der Waals surface area contributed by atoms with Crippen molar-refractivity contribution in [1.82, 2.24) is 14.7 Å². The van der Waals surface area contributed by atoms with Gasteiger partial charge < -0.3 is 4.90 Å². The topological polar surface area (TPSA) is 41.4 Å². The van der Waals surface area contributed by atoms with Crippen LogP contribution in [0.15, 0.2) is 59.5 Å². The molecule has 5 nitrogen and oxygen atoms in total. The smallest absolute Gasteiger partial charge is 0.291 e. The molecular weight excluding hydrogens is 443 g/mol. The lowest BCUT2D eigenvalue weighted by Gasteiger charge is -2.36. The predicted molar refractivity (Wildman–Crippen MR) is 124 cm³/mol. The largest absolute Gasteiger partial charge is 0.368 e. The molecule has 2 aromatic carbocycles. The summed E-state index contributed by atoms with van der Waals surface area (Å²) >= 11 is 18.4. The number of halogens is 3. The highest BCUT2D eigenvalue weighted by molar-refractivity contribution is 6.41. The zero-order chi connectivity index (χ0) is 21.1. The Bertz CT molecular complexity index is 1080. The first kappa shape index (κ1) is 21.2. The molecule has 3 aromatic rings. The van der Waals surface area contributed by atoms with E-state index in [4.69, 9.17) is 34.8 Å². The molecule has 8 heteroatoms. The summed E-state index contributed by atoms with van der Waals surface area (Å²) in [6, 6.07) is 16.0. The van der Waals surface area contributed by atoms with Crippen LogP contribution in [0.1, 0.15) is 5.56 Å². The van der Waals surface area contributed by atoms with Crippen molar-refractivity contribution < 1.29 is 0 Å². The summed E-state index contributed by atoms with van der Waals surface area (Å²) in [6.45, 7) is 4.82. The van der Waals surface area contributed by atoms with E-state index in [0.717, 1.165) is 44.8 Å². The minimum atomic E-state index is -0.472. The Morgan fingerprint density at radius 2 is 1.63 bits per heavy atom. The van der Waals surface area contributed by atoms with Gasteiger partial charge in [-0.2, -0.15) is 9.78 Å². The first-order valence-electron chi connectivity index (χ1n) is 9.77. The van der Waals surface area contributed by atoms with Crippen LogP contribution >= 0.6 is 34.8 Å². The number of piperazine rings is 1. The van der Waals surface area contributed by atoms with Gasteiger partial charge in [-0.1, -0.05) is 65.1 Å². The van der Waals surface area contributed by atoms with E-state index in [2.05, 4.69) is 39.2 Å². The fraction of sp³-hybridized carbons (Fsp3) is 0.273. The van der Waals surface area contributed by atoms with Crippen molar-refractivity contribution in [2.24, 2.45) is 0 Å². The molecule has 1 fully saturated rings. The number of anilines is 1. The lowest BCUT2D eigenvalue weighted by Crippen LogP contribution is -2.47. The molecule has 2 heterocycles. The van der Waals surface area contributed by atoms with Crippen molar-refractivity contribution in [2.75, 3.05) is 37.6 Å². The van der Waals surface area contributed by atoms with E-state index in [1.54, 1.807) is 6.07 Å². The normalized spacial score (nSPS) is 14.8. The Kier molecular flexibility index (Phi) is 6.64. The molecule has 0 radical (unpaired) electrons. The number of hydrogen-bond donors (Lipinski definition) is 0. The SMILES string of the molecule is O=c1c(Cl)c(Cl)cnn1-c1ccc(N2CCN(CCc3ccccc3)CC2)c(Cl)c1. The number of aromatic nitrogens is 2. The highest BCUT2D eigenvalue weighted by atomic mass is 35.5. The fourth-order valence-corrected chi connectivity index (χ4v) is 4.17. The lowest BCUT2D eigenvalue weighted by molar-refractivity contribution is 0.261. The third kappa shape index (κ3) is 4.65. The van der Waals surface area contributed by atoms with E-state index < -0.39 is 5.56 Å². The van der Waals surface area contributed by atoms with Gasteiger partial charge in [0.1, 0.15) is 5.02 Å². The Morgan fingerprint density at radius 1 is 0.900 bits per heavy atom. The van der Waals surface area contributed by atoms with Crippen molar-refractivity contribution in [1.29, 1.82) is 0 Å². The maximum Gasteiger partial charge on any atom is 0.291 e. The number of rotatable bonds is 5. The van der Waals surface area contributed by atoms with E-state index in [9.17, 15) is 4.79 Å². The second-order valence-electron chi connectivity index (χ2n) is 7.22. The van der Waals surface area contributed by atoms with Gasteiger partial charge in [0.15, 0.2) is 0 Å². The van der Waals surface area contributed by atoms with Gasteiger partial charge >= 0.3 is 0 Å².